The van der Waals surface area contributed by atoms with Crippen LogP contribution in [0.25, 0.3) is 10.9 Å². The summed E-state index contributed by atoms with van der Waals surface area (Å²) in [5, 5.41) is 116. The van der Waals surface area contributed by atoms with Gasteiger partial charge in [-0.2, -0.15) is 0 Å². The average Bonchev–Trinajstić information content (AvgIpc) is 3.18. The number of rotatable bonds is 13. The van der Waals surface area contributed by atoms with Crippen molar-refractivity contribution >= 4 is 10.9 Å². The molecule has 1 aromatic heterocycles. The predicted molar refractivity (Wildman–Crippen MR) is 187 cm³/mol. The highest BCUT2D eigenvalue weighted by Gasteiger charge is 2.52. The molecule has 4 aliphatic heterocycles. The lowest BCUT2D eigenvalue weighted by atomic mass is 9.89. The number of benzene rings is 1. The molecule has 4 fully saturated rings. The van der Waals surface area contributed by atoms with Crippen molar-refractivity contribution in [2.24, 2.45) is 5.92 Å². The Morgan fingerprint density at radius 1 is 0.732 bits per heavy atom. The number of aliphatic hydroxyl groups excluding tert-OH is 10. The van der Waals surface area contributed by atoms with E-state index in [-0.39, 0.29) is 24.8 Å². The number of pyridine rings is 1. The normalized spacial score (nSPS) is 41.3. The first-order valence-corrected chi connectivity index (χ1v) is 18.7. The maximum atomic E-state index is 11.4. The lowest BCUT2D eigenvalue weighted by Crippen LogP contribution is -2.65. The highest BCUT2D eigenvalue weighted by Crippen LogP contribution is 2.33. The molecule has 0 amide bonds. The quantitative estimate of drug-likeness (QED) is 0.0912. The van der Waals surface area contributed by atoms with Gasteiger partial charge in [0.1, 0.15) is 84.5 Å². The number of morpholine rings is 1. The van der Waals surface area contributed by atoms with Crippen LogP contribution in [0.3, 0.4) is 0 Å². The van der Waals surface area contributed by atoms with E-state index in [0.717, 1.165) is 10.9 Å². The largest absolute Gasteiger partial charge is 0.506 e. The number of hydrogen-bond donors (Lipinski definition) is 11. The van der Waals surface area contributed by atoms with Gasteiger partial charge >= 0.3 is 0 Å². The zero-order valence-electron chi connectivity index (χ0n) is 30.9. The number of aliphatic hydroxyl groups is 10. The van der Waals surface area contributed by atoms with E-state index in [9.17, 15) is 56.2 Å². The van der Waals surface area contributed by atoms with Crippen molar-refractivity contribution in [3.63, 3.8) is 0 Å². The van der Waals surface area contributed by atoms with Crippen molar-refractivity contribution in [1.29, 1.82) is 0 Å². The maximum absolute atomic E-state index is 11.4. The predicted octanol–water partition coefficient (Wildman–Crippen LogP) is -4.37. The summed E-state index contributed by atoms with van der Waals surface area (Å²) >= 11 is 0. The second-order valence-electron chi connectivity index (χ2n) is 15.1. The average molecular weight is 803 g/mol. The van der Waals surface area contributed by atoms with Crippen LogP contribution in [0.1, 0.15) is 19.4 Å². The molecule has 56 heavy (non-hydrogen) atoms. The fourth-order valence-electron chi connectivity index (χ4n) is 7.58. The number of phenols is 1. The number of nitrogens with zero attached hydrogens (tertiary/aromatic N) is 2. The molecule has 0 spiro atoms. The summed E-state index contributed by atoms with van der Waals surface area (Å²) in [4.78, 5) is 6.30. The van der Waals surface area contributed by atoms with E-state index in [2.05, 4.69) is 4.98 Å². The molecule has 5 heterocycles. The van der Waals surface area contributed by atoms with Crippen LogP contribution in [-0.2, 0) is 39.7 Å². The van der Waals surface area contributed by atoms with E-state index < -0.39 is 124 Å². The Labute approximate surface area is 321 Å². The second-order valence-corrected chi connectivity index (χ2v) is 15.1. The molecule has 0 bridgehead atoms. The molecule has 17 atom stereocenters. The first-order chi connectivity index (χ1) is 26.7. The smallest absolute Gasteiger partial charge is 0.187 e. The number of aromatic nitrogens is 1. The first-order valence-electron chi connectivity index (χ1n) is 18.7. The summed E-state index contributed by atoms with van der Waals surface area (Å²) in [5.74, 6) is -0.301. The van der Waals surface area contributed by atoms with Crippen molar-refractivity contribution in [3.8, 4) is 5.75 Å². The number of fused-ring (bicyclic) bond motifs is 1. The molecule has 6 rings (SSSR count). The molecule has 4 aliphatic rings. The number of para-hydroxylation sites is 1. The zero-order valence-corrected chi connectivity index (χ0v) is 30.9. The Morgan fingerprint density at radius 3 is 2.11 bits per heavy atom. The molecule has 2 aromatic rings. The zero-order chi connectivity index (χ0) is 40.4. The van der Waals surface area contributed by atoms with Crippen molar-refractivity contribution < 1.29 is 89.3 Å². The van der Waals surface area contributed by atoms with Crippen LogP contribution in [0.2, 0.25) is 0 Å². The topological polar surface area (TPSA) is 303 Å². The molecular weight excluding hydrogens is 748 g/mol. The van der Waals surface area contributed by atoms with Gasteiger partial charge in [-0.15, -0.1) is 0 Å². The van der Waals surface area contributed by atoms with Gasteiger partial charge in [-0.25, -0.2) is 0 Å². The molecule has 17 unspecified atom stereocenters. The van der Waals surface area contributed by atoms with Gasteiger partial charge in [0.05, 0.1) is 38.6 Å². The first kappa shape index (κ1) is 43.3. The van der Waals surface area contributed by atoms with Crippen LogP contribution >= 0.6 is 0 Å². The molecular formula is C36H54N2O18. The van der Waals surface area contributed by atoms with Crippen molar-refractivity contribution in [2.75, 3.05) is 39.5 Å². The summed E-state index contributed by atoms with van der Waals surface area (Å²) < 4.78 is 40.8. The summed E-state index contributed by atoms with van der Waals surface area (Å²) in [7, 11) is 0. The van der Waals surface area contributed by atoms with E-state index >= 15 is 0 Å². The third-order valence-electron chi connectivity index (χ3n) is 10.6. The summed E-state index contributed by atoms with van der Waals surface area (Å²) in [6.07, 6.45) is -22.8. The second kappa shape index (κ2) is 18.7. The minimum atomic E-state index is -1.81. The summed E-state index contributed by atoms with van der Waals surface area (Å²) in [6.45, 7) is 2.00. The number of phenolic OH excluding ortho intramolecular Hbond substituents is 1. The minimum absolute atomic E-state index is 0.0531. The summed E-state index contributed by atoms with van der Waals surface area (Å²) in [6, 6.07) is 6.95. The number of aromatic hydroxyl groups is 1. The number of hydrogen-bond acceptors (Lipinski definition) is 20. The van der Waals surface area contributed by atoms with E-state index in [1.54, 1.807) is 32.2 Å². The Bertz CT molecular complexity index is 1560. The van der Waals surface area contributed by atoms with Gasteiger partial charge in [0, 0.05) is 31.2 Å². The van der Waals surface area contributed by atoms with Gasteiger partial charge in [0.15, 0.2) is 18.9 Å². The van der Waals surface area contributed by atoms with Gasteiger partial charge in [0.25, 0.3) is 0 Å². The van der Waals surface area contributed by atoms with E-state index in [1.165, 1.54) is 0 Å². The highest BCUT2D eigenvalue weighted by atomic mass is 16.7. The maximum Gasteiger partial charge on any atom is 0.187 e. The van der Waals surface area contributed by atoms with Crippen LogP contribution in [0.5, 0.6) is 5.75 Å². The van der Waals surface area contributed by atoms with Gasteiger partial charge in [-0.05, 0) is 23.6 Å². The Balaban J connectivity index is 1.12. The minimum Gasteiger partial charge on any atom is -0.506 e. The molecule has 316 valence electrons. The Kier molecular flexibility index (Phi) is 14.5. The third-order valence-corrected chi connectivity index (χ3v) is 10.6. The molecule has 11 N–H and O–H groups in total. The van der Waals surface area contributed by atoms with Crippen LogP contribution in [-0.4, -0.2) is 210 Å². The van der Waals surface area contributed by atoms with Crippen LogP contribution in [0, 0.1) is 5.92 Å². The van der Waals surface area contributed by atoms with Crippen LogP contribution < -0.4 is 0 Å². The van der Waals surface area contributed by atoms with E-state index in [4.69, 9.17) is 33.2 Å². The van der Waals surface area contributed by atoms with Crippen molar-refractivity contribution in [1.82, 2.24) is 9.88 Å². The SMILES string of the molecule is CC(C)C1OC(COC2OC(CO)C(O)C(OC3CN(Cc4cnc5c(O)cccc5c4)CC(CO)O3)C2O)C(O)C(OC2OC(CO)C(O)C(O)C2O)C1O. The van der Waals surface area contributed by atoms with Gasteiger partial charge in [-0.3, -0.25) is 9.88 Å². The molecule has 0 aliphatic carbocycles. The van der Waals surface area contributed by atoms with Crippen LogP contribution in [0.15, 0.2) is 30.5 Å². The molecule has 4 saturated heterocycles. The molecule has 20 heteroatoms. The van der Waals surface area contributed by atoms with E-state index in [1.807, 2.05) is 17.0 Å². The van der Waals surface area contributed by atoms with Gasteiger partial charge in [0.2, 0.25) is 0 Å². The fourth-order valence-corrected chi connectivity index (χ4v) is 7.58. The fraction of sp³-hybridized carbons (Fsp3) is 0.750. The standard InChI is InChI=1S/C36H54N2O18/c1-15(2)32-30(48)33(56-36-29(47)28(46)25(43)20(12-40)54-36)27(45)22(52-32)14-50-35-31(49)34(26(44)21(13-41)53-35)55-23-10-38(9-18(11-39)51-23)8-16-6-17-4-3-5-19(42)24(17)37-7-16/h3-7,15,18,20-23,25-36,39-49H,8-14H2,1-2H3. The van der Waals surface area contributed by atoms with E-state index in [0.29, 0.717) is 18.6 Å². The molecule has 20 nitrogen and oxygen atoms in total. The Morgan fingerprint density at radius 2 is 1.41 bits per heavy atom. The number of ether oxygens (including phenoxy) is 7. The van der Waals surface area contributed by atoms with Crippen molar-refractivity contribution in [3.05, 3.63) is 36.0 Å². The molecule has 1 aromatic carbocycles. The molecule has 0 saturated carbocycles. The van der Waals surface area contributed by atoms with Gasteiger partial charge in [-0.1, -0.05) is 26.0 Å². The highest BCUT2D eigenvalue weighted by molar-refractivity contribution is 5.84. The summed E-state index contributed by atoms with van der Waals surface area (Å²) in [5.41, 5.74) is 1.26. The van der Waals surface area contributed by atoms with Crippen molar-refractivity contribution in [2.45, 2.75) is 125 Å². The monoisotopic (exact) mass is 802 g/mol. The van der Waals surface area contributed by atoms with Gasteiger partial charge < -0.3 is 89.3 Å². The Hall–Kier alpha value is -2.29. The third kappa shape index (κ3) is 9.28. The lowest BCUT2D eigenvalue weighted by molar-refractivity contribution is -0.354. The lowest BCUT2D eigenvalue weighted by Gasteiger charge is -2.48. The van der Waals surface area contributed by atoms with Crippen LogP contribution in [0.4, 0.5) is 0 Å². The molecule has 0 radical (unpaired) electrons.